The van der Waals surface area contributed by atoms with Crippen molar-refractivity contribution in [1.29, 1.82) is 0 Å². The maximum absolute atomic E-state index is 9.72. The van der Waals surface area contributed by atoms with Gasteiger partial charge in [-0.2, -0.15) is 0 Å². The molecule has 0 radical (unpaired) electrons. The zero-order chi connectivity index (χ0) is 15.0. The highest BCUT2D eigenvalue weighted by Gasteiger charge is 2.38. The third kappa shape index (κ3) is 4.94. The van der Waals surface area contributed by atoms with Gasteiger partial charge in [0.2, 0.25) is 6.29 Å². The highest BCUT2D eigenvalue weighted by Crippen LogP contribution is 2.24. The first-order chi connectivity index (χ1) is 9.61. The average molecular weight is 290 g/mol. The molecular formula is C14H26O6. The van der Waals surface area contributed by atoms with E-state index in [1.807, 2.05) is 0 Å². The van der Waals surface area contributed by atoms with Crippen molar-refractivity contribution < 1.29 is 29.9 Å². The highest BCUT2D eigenvalue weighted by atomic mass is 16.7. The molecule has 0 unspecified atom stereocenters. The molecule has 0 saturated heterocycles. The van der Waals surface area contributed by atoms with E-state index in [9.17, 15) is 15.3 Å². The molecule has 0 saturated carbocycles. The van der Waals surface area contributed by atoms with Gasteiger partial charge in [0.05, 0.1) is 6.61 Å². The monoisotopic (exact) mass is 290 g/mol. The summed E-state index contributed by atoms with van der Waals surface area (Å²) in [7, 11) is 0. The van der Waals surface area contributed by atoms with E-state index in [1.165, 1.54) is 19.3 Å². The first kappa shape index (κ1) is 17.2. The predicted molar refractivity (Wildman–Crippen MR) is 73.0 cm³/mol. The van der Waals surface area contributed by atoms with E-state index in [0.29, 0.717) is 6.61 Å². The van der Waals surface area contributed by atoms with E-state index in [-0.39, 0.29) is 5.76 Å². The molecule has 0 aromatic carbocycles. The first-order valence-corrected chi connectivity index (χ1v) is 7.29. The summed E-state index contributed by atoms with van der Waals surface area (Å²) in [6, 6.07) is 0. The Hall–Kier alpha value is -0.820. The summed E-state index contributed by atoms with van der Waals surface area (Å²) < 4.78 is 10.5. The Bertz CT molecular complexity index is 304. The summed E-state index contributed by atoms with van der Waals surface area (Å²) in [5, 5.41) is 37.7. The summed E-state index contributed by atoms with van der Waals surface area (Å²) in [5.74, 6) is -0.699. The lowest BCUT2D eigenvalue weighted by atomic mass is 10.1. The SMILES string of the molecule is CCCCCCCCO[C@@H]1OC(CO)=C(O)[C@H](O)[C@H]1O. The molecule has 6 nitrogen and oxygen atoms in total. The van der Waals surface area contributed by atoms with Gasteiger partial charge in [0.15, 0.2) is 11.5 Å². The maximum atomic E-state index is 9.72. The van der Waals surface area contributed by atoms with Crippen molar-refractivity contribution in [2.45, 2.75) is 63.9 Å². The number of hydrogen-bond donors (Lipinski definition) is 4. The van der Waals surface area contributed by atoms with Gasteiger partial charge in [-0.25, -0.2) is 0 Å². The summed E-state index contributed by atoms with van der Waals surface area (Å²) in [6.07, 6.45) is 2.79. The van der Waals surface area contributed by atoms with Crippen LogP contribution in [0.5, 0.6) is 0 Å². The Kier molecular flexibility index (Phi) is 7.91. The molecule has 1 rings (SSSR count). The molecule has 20 heavy (non-hydrogen) atoms. The molecule has 0 fully saturated rings. The van der Waals surface area contributed by atoms with Gasteiger partial charge in [-0.1, -0.05) is 39.0 Å². The lowest BCUT2D eigenvalue weighted by Gasteiger charge is -2.32. The van der Waals surface area contributed by atoms with Crippen molar-refractivity contribution in [3.05, 3.63) is 11.5 Å². The maximum Gasteiger partial charge on any atom is 0.228 e. The largest absolute Gasteiger partial charge is 0.506 e. The zero-order valence-electron chi connectivity index (χ0n) is 12.0. The van der Waals surface area contributed by atoms with Crippen LogP contribution in [0.3, 0.4) is 0 Å². The standard InChI is InChI=1S/C14H26O6/c1-2-3-4-5-6-7-8-19-14-13(18)12(17)11(16)10(9-15)20-14/h12-18H,2-9H2,1H3/t12-,13+,14+/m0/s1. The van der Waals surface area contributed by atoms with E-state index >= 15 is 0 Å². The van der Waals surface area contributed by atoms with Crippen LogP contribution in [0.2, 0.25) is 0 Å². The molecule has 0 aromatic rings. The molecule has 1 heterocycles. The smallest absolute Gasteiger partial charge is 0.228 e. The van der Waals surface area contributed by atoms with E-state index in [1.54, 1.807) is 0 Å². The number of aliphatic hydroxyl groups excluding tert-OH is 4. The normalized spacial score (nSPS) is 26.7. The molecule has 0 spiro atoms. The van der Waals surface area contributed by atoms with E-state index in [4.69, 9.17) is 14.6 Å². The van der Waals surface area contributed by atoms with E-state index < -0.39 is 30.9 Å². The van der Waals surface area contributed by atoms with Crippen molar-refractivity contribution in [3.63, 3.8) is 0 Å². The van der Waals surface area contributed by atoms with Gasteiger partial charge < -0.3 is 29.9 Å². The highest BCUT2D eigenvalue weighted by molar-refractivity contribution is 5.11. The fourth-order valence-electron chi connectivity index (χ4n) is 2.08. The Morgan fingerprint density at radius 3 is 2.40 bits per heavy atom. The molecule has 4 N–H and O–H groups in total. The van der Waals surface area contributed by atoms with Crippen LogP contribution in [0.25, 0.3) is 0 Å². The Morgan fingerprint density at radius 2 is 1.75 bits per heavy atom. The molecule has 3 atom stereocenters. The molecular weight excluding hydrogens is 264 g/mol. The van der Waals surface area contributed by atoms with Gasteiger partial charge in [0.25, 0.3) is 0 Å². The van der Waals surface area contributed by atoms with Crippen LogP contribution >= 0.6 is 0 Å². The van der Waals surface area contributed by atoms with Gasteiger partial charge in [-0.05, 0) is 6.42 Å². The Labute approximate surface area is 119 Å². The number of aliphatic hydroxyl groups is 4. The molecule has 0 aliphatic carbocycles. The lowest BCUT2D eigenvalue weighted by Crippen LogP contribution is -2.46. The fraction of sp³-hybridized carbons (Fsp3) is 0.857. The van der Waals surface area contributed by atoms with Gasteiger partial charge in [0, 0.05) is 0 Å². The van der Waals surface area contributed by atoms with Gasteiger partial charge in [-0.3, -0.25) is 0 Å². The van der Waals surface area contributed by atoms with Crippen LogP contribution in [0.15, 0.2) is 11.5 Å². The minimum Gasteiger partial charge on any atom is -0.506 e. The zero-order valence-corrected chi connectivity index (χ0v) is 12.0. The fourth-order valence-corrected chi connectivity index (χ4v) is 2.08. The van der Waals surface area contributed by atoms with Crippen LogP contribution in [0.1, 0.15) is 45.4 Å². The number of hydrogen-bond acceptors (Lipinski definition) is 6. The van der Waals surface area contributed by atoms with Crippen molar-refractivity contribution in [2.75, 3.05) is 13.2 Å². The van der Waals surface area contributed by atoms with Crippen molar-refractivity contribution in [2.24, 2.45) is 0 Å². The Morgan fingerprint density at radius 1 is 1.10 bits per heavy atom. The molecule has 6 heteroatoms. The average Bonchev–Trinajstić information content (AvgIpc) is 2.46. The van der Waals surface area contributed by atoms with Crippen molar-refractivity contribution in [3.8, 4) is 0 Å². The summed E-state index contributed by atoms with van der Waals surface area (Å²) >= 11 is 0. The second kappa shape index (κ2) is 9.18. The molecule has 1 aliphatic rings. The predicted octanol–water partition coefficient (Wildman–Crippen LogP) is 1.20. The van der Waals surface area contributed by atoms with Crippen LogP contribution in [-0.4, -0.2) is 52.1 Å². The third-order valence-electron chi connectivity index (χ3n) is 3.35. The lowest BCUT2D eigenvalue weighted by molar-refractivity contribution is -0.216. The van der Waals surface area contributed by atoms with Crippen LogP contribution < -0.4 is 0 Å². The second-order valence-electron chi connectivity index (χ2n) is 5.03. The summed E-state index contributed by atoms with van der Waals surface area (Å²) in [5.41, 5.74) is 0. The van der Waals surface area contributed by atoms with Crippen LogP contribution in [0.4, 0.5) is 0 Å². The molecule has 1 aliphatic heterocycles. The van der Waals surface area contributed by atoms with Crippen LogP contribution in [-0.2, 0) is 9.47 Å². The van der Waals surface area contributed by atoms with Crippen molar-refractivity contribution in [1.82, 2.24) is 0 Å². The van der Waals surface area contributed by atoms with Crippen molar-refractivity contribution >= 4 is 0 Å². The second-order valence-corrected chi connectivity index (χ2v) is 5.03. The van der Waals surface area contributed by atoms with E-state index in [0.717, 1.165) is 19.3 Å². The quantitative estimate of drug-likeness (QED) is 0.476. The van der Waals surface area contributed by atoms with Gasteiger partial charge >= 0.3 is 0 Å². The first-order valence-electron chi connectivity index (χ1n) is 7.29. The Balaban J connectivity index is 2.27. The number of unbranched alkanes of at least 4 members (excludes halogenated alkanes) is 5. The van der Waals surface area contributed by atoms with Gasteiger partial charge in [0.1, 0.15) is 18.8 Å². The molecule has 118 valence electrons. The minimum absolute atomic E-state index is 0.157. The molecule has 0 aromatic heterocycles. The minimum atomic E-state index is -1.49. The molecule has 0 amide bonds. The van der Waals surface area contributed by atoms with E-state index in [2.05, 4.69) is 6.92 Å². The summed E-state index contributed by atoms with van der Waals surface area (Å²) in [6.45, 7) is 2.02. The number of rotatable bonds is 9. The topological polar surface area (TPSA) is 99.4 Å². The molecule has 0 bridgehead atoms. The van der Waals surface area contributed by atoms with Crippen LogP contribution in [0, 0.1) is 0 Å². The third-order valence-corrected chi connectivity index (χ3v) is 3.35. The summed E-state index contributed by atoms with van der Waals surface area (Å²) in [4.78, 5) is 0. The number of ether oxygens (including phenoxy) is 2. The van der Waals surface area contributed by atoms with Gasteiger partial charge in [-0.15, -0.1) is 0 Å².